The number of nitrogens with zero attached hydrogens (tertiary/aromatic N) is 4. The summed E-state index contributed by atoms with van der Waals surface area (Å²) in [5.41, 5.74) is 3.37. The van der Waals surface area contributed by atoms with Gasteiger partial charge in [0.05, 0.1) is 5.92 Å². The minimum absolute atomic E-state index is 0.00702. The van der Waals surface area contributed by atoms with Crippen molar-refractivity contribution in [1.82, 2.24) is 20.2 Å². The standard InChI is InChI=1S/C24H35N5O/c1-4-28(5-2)14-7-13-25-23(30)21-8-6-15-29(18-21)24-26-16-22(17-27-24)20-11-9-19(3)10-12-20/h9-12,16-17,21H,4-8,13-15,18H2,1-3H3,(H,25,30)/t21-/m1/s1. The molecule has 6 nitrogen and oxygen atoms in total. The predicted molar refractivity (Wildman–Crippen MR) is 123 cm³/mol. The number of rotatable bonds is 9. The highest BCUT2D eigenvalue weighted by molar-refractivity contribution is 5.79. The van der Waals surface area contributed by atoms with Gasteiger partial charge in [-0.15, -0.1) is 0 Å². The molecule has 2 aromatic rings. The second kappa shape index (κ2) is 11.1. The maximum absolute atomic E-state index is 12.6. The van der Waals surface area contributed by atoms with Gasteiger partial charge in [-0.05, 0) is 51.4 Å². The van der Waals surface area contributed by atoms with Crippen molar-refractivity contribution in [2.24, 2.45) is 5.92 Å². The maximum atomic E-state index is 12.6. The van der Waals surface area contributed by atoms with Crippen LogP contribution in [0, 0.1) is 12.8 Å². The molecule has 1 aromatic heterocycles. The fourth-order valence-corrected chi connectivity index (χ4v) is 3.95. The van der Waals surface area contributed by atoms with Crippen molar-refractivity contribution in [2.45, 2.75) is 40.0 Å². The largest absolute Gasteiger partial charge is 0.356 e. The van der Waals surface area contributed by atoms with Crippen molar-refractivity contribution in [3.63, 3.8) is 0 Å². The van der Waals surface area contributed by atoms with Gasteiger partial charge in [0.25, 0.3) is 0 Å². The number of piperidine rings is 1. The van der Waals surface area contributed by atoms with Crippen LogP contribution >= 0.6 is 0 Å². The molecular formula is C24H35N5O. The van der Waals surface area contributed by atoms with Crippen LogP contribution in [0.4, 0.5) is 5.95 Å². The third kappa shape index (κ3) is 6.02. The van der Waals surface area contributed by atoms with Crippen molar-refractivity contribution in [3.05, 3.63) is 42.2 Å². The molecule has 162 valence electrons. The van der Waals surface area contributed by atoms with E-state index in [0.717, 1.165) is 63.1 Å². The highest BCUT2D eigenvalue weighted by Crippen LogP contribution is 2.23. The third-order valence-corrected chi connectivity index (χ3v) is 5.94. The zero-order valence-electron chi connectivity index (χ0n) is 18.6. The number of nitrogens with one attached hydrogen (secondary N) is 1. The normalized spacial score (nSPS) is 16.7. The van der Waals surface area contributed by atoms with Gasteiger partial charge in [0.15, 0.2) is 0 Å². The van der Waals surface area contributed by atoms with Crippen molar-refractivity contribution in [2.75, 3.05) is 44.2 Å². The van der Waals surface area contributed by atoms with Gasteiger partial charge in [-0.2, -0.15) is 0 Å². The molecule has 0 bridgehead atoms. The second-order valence-corrected chi connectivity index (χ2v) is 8.09. The summed E-state index contributed by atoms with van der Waals surface area (Å²) >= 11 is 0. The lowest BCUT2D eigenvalue weighted by Crippen LogP contribution is -2.44. The van der Waals surface area contributed by atoms with Crippen LogP contribution in [-0.2, 0) is 4.79 Å². The van der Waals surface area contributed by atoms with Crippen LogP contribution in [-0.4, -0.2) is 60.0 Å². The SMILES string of the molecule is CCN(CC)CCCNC(=O)[C@@H]1CCCN(c2ncc(-c3ccc(C)cc3)cn2)C1. The zero-order valence-corrected chi connectivity index (χ0v) is 18.6. The van der Waals surface area contributed by atoms with Crippen molar-refractivity contribution in [3.8, 4) is 11.1 Å². The Balaban J connectivity index is 1.51. The van der Waals surface area contributed by atoms with Gasteiger partial charge in [-0.3, -0.25) is 4.79 Å². The van der Waals surface area contributed by atoms with Crippen molar-refractivity contribution < 1.29 is 4.79 Å². The Hall–Kier alpha value is -2.47. The summed E-state index contributed by atoms with van der Waals surface area (Å²) in [5.74, 6) is 0.882. The molecular weight excluding hydrogens is 374 g/mol. The summed E-state index contributed by atoms with van der Waals surface area (Å²) in [6, 6.07) is 8.38. The van der Waals surface area contributed by atoms with E-state index in [4.69, 9.17) is 0 Å². The Kier molecular flexibility index (Phi) is 8.20. The van der Waals surface area contributed by atoms with Gasteiger partial charge in [-0.1, -0.05) is 43.7 Å². The molecule has 0 aliphatic carbocycles. The molecule has 0 spiro atoms. The van der Waals surface area contributed by atoms with Crippen molar-refractivity contribution >= 4 is 11.9 Å². The molecule has 2 heterocycles. The molecule has 1 aromatic carbocycles. The highest BCUT2D eigenvalue weighted by Gasteiger charge is 2.26. The van der Waals surface area contributed by atoms with E-state index in [1.54, 1.807) is 0 Å². The lowest BCUT2D eigenvalue weighted by molar-refractivity contribution is -0.125. The van der Waals surface area contributed by atoms with Gasteiger partial charge in [0, 0.05) is 37.6 Å². The van der Waals surface area contributed by atoms with E-state index in [0.29, 0.717) is 12.5 Å². The summed E-state index contributed by atoms with van der Waals surface area (Å²) in [5, 5.41) is 3.13. The number of hydrogen-bond donors (Lipinski definition) is 1. The Morgan fingerprint density at radius 3 is 2.50 bits per heavy atom. The number of amides is 1. The van der Waals surface area contributed by atoms with Gasteiger partial charge >= 0.3 is 0 Å². The van der Waals surface area contributed by atoms with Crippen LogP contribution < -0.4 is 10.2 Å². The van der Waals surface area contributed by atoms with Crippen LogP contribution in [0.15, 0.2) is 36.7 Å². The van der Waals surface area contributed by atoms with Gasteiger partial charge in [0.2, 0.25) is 11.9 Å². The summed E-state index contributed by atoms with van der Waals surface area (Å²) in [7, 11) is 0. The number of anilines is 1. The number of hydrogen-bond acceptors (Lipinski definition) is 5. The van der Waals surface area contributed by atoms with E-state index in [2.05, 4.69) is 70.1 Å². The molecule has 1 atom stereocenters. The fourth-order valence-electron chi connectivity index (χ4n) is 3.95. The maximum Gasteiger partial charge on any atom is 0.225 e. The first-order valence-electron chi connectivity index (χ1n) is 11.2. The summed E-state index contributed by atoms with van der Waals surface area (Å²) in [6.45, 7) is 11.9. The number of aromatic nitrogens is 2. The average molecular weight is 410 g/mol. The quantitative estimate of drug-likeness (QED) is 0.642. The Bertz CT molecular complexity index is 786. The van der Waals surface area contributed by atoms with Gasteiger partial charge in [0.1, 0.15) is 0 Å². The summed E-state index contributed by atoms with van der Waals surface area (Å²) < 4.78 is 0. The molecule has 0 radical (unpaired) electrons. The topological polar surface area (TPSA) is 61.4 Å². The smallest absolute Gasteiger partial charge is 0.225 e. The molecule has 1 aliphatic rings. The van der Waals surface area contributed by atoms with Gasteiger partial charge < -0.3 is 15.1 Å². The number of carbonyl (C=O) groups excluding carboxylic acids is 1. The lowest BCUT2D eigenvalue weighted by atomic mass is 9.97. The van der Waals surface area contributed by atoms with E-state index < -0.39 is 0 Å². The molecule has 0 unspecified atom stereocenters. The number of carbonyl (C=O) groups is 1. The Labute approximate surface area is 180 Å². The van der Waals surface area contributed by atoms with E-state index >= 15 is 0 Å². The molecule has 3 rings (SSSR count). The van der Waals surface area contributed by atoms with Crippen LogP contribution in [0.2, 0.25) is 0 Å². The van der Waals surface area contributed by atoms with Crippen LogP contribution in [0.1, 0.15) is 38.7 Å². The van der Waals surface area contributed by atoms with E-state index in [1.807, 2.05) is 12.4 Å². The first-order chi connectivity index (χ1) is 14.6. The highest BCUT2D eigenvalue weighted by atomic mass is 16.1. The van der Waals surface area contributed by atoms with Gasteiger partial charge in [-0.25, -0.2) is 9.97 Å². The summed E-state index contributed by atoms with van der Waals surface area (Å²) in [6.07, 6.45) is 6.67. The lowest BCUT2D eigenvalue weighted by Gasteiger charge is -2.32. The molecule has 6 heteroatoms. The third-order valence-electron chi connectivity index (χ3n) is 5.94. The molecule has 1 amide bonds. The number of aryl methyl sites for hydroxylation is 1. The minimum atomic E-state index is 0.00702. The molecule has 30 heavy (non-hydrogen) atoms. The van der Waals surface area contributed by atoms with Crippen LogP contribution in [0.5, 0.6) is 0 Å². The van der Waals surface area contributed by atoms with Crippen LogP contribution in [0.3, 0.4) is 0 Å². The number of benzene rings is 1. The Morgan fingerprint density at radius 2 is 1.83 bits per heavy atom. The molecule has 1 N–H and O–H groups in total. The molecule has 1 fully saturated rings. The zero-order chi connectivity index (χ0) is 21.3. The van der Waals surface area contributed by atoms with E-state index in [1.165, 1.54) is 5.56 Å². The van der Waals surface area contributed by atoms with E-state index in [9.17, 15) is 4.79 Å². The molecule has 0 saturated carbocycles. The molecule has 1 saturated heterocycles. The summed E-state index contributed by atoms with van der Waals surface area (Å²) in [4.78, 5) is 26.3. The second-order valence-electron chi connectivity index (χ2n) is 8.09. The van der Waals surface area contributed by atoms with Crippen LogP contribution in [0.25, 0.3) is 11.1 Å². The minimum Gasteiger partial charge on any atom is -0.356 e. The average Bonchev–Trinajstić information content (AvgIpc) is 2.80. The predicted octanol–water partition coefficient (Wildman–Crippen LogP) is 3.52. The van der Waals surface area contributed by atoms with Crippen molar-refractivity contribution in [1.29, 1.82) is 0 Å². The first kappa shape index (κ1) is 22.2. The fraction of sp³-hybridized carbons (Fsp3) is 0.542. The monoisotopic (exact) mass is 409 g/mol. The Morgan fingerprint density at radius 1 is 1.13 bits per heavy atom. The first-order valence-corrected chi connectivity index (χ1v) is 11.2. The molecule has 1 aliphatic heterocycles. The van der Waals surface area contributed by atoms with E-state index in [-0.39, 0.29) is 11.8 Å².